The topological polar surface area (TPSA) is 16.1 Å². The van der Waals surface area contributed by atoms with Gasteiger partial charge in [0.05, 0.1) is 5.69 Å². The molecule has 0 amide bonds. The minimum absolute atomic E-state index is 0.236. The maximum absolute atomic E-state index is 13.3. The summed E-state index contributed by atoms with van der Waals surface area (Å²) < 4.78 is 14.2. The number of pyridine rings is 1. The molecule has 0 atom stereocenters. The minimum atomic E-state index is -0.236. The first-order valence-corrected chi connectivity index (χ1v) is 6.57. The van der Waals surface area contributed by atoms with E-state index in [1.54, 1.807) is 6.07 Å². The van der Waals surface area contributed by atoms with Gasteiger partial charge in [-0.3, -0.25) is 0 Å². The smallest absolute Gasteiger partial charge is 0.133 e. The van der Waals surface area contributed by atoms with Crippen LogP contribution in [0.15, 0.2) is 40.9 Å². The molecule has 1 aromatic heterocycles. The van der Waals surface area contributed by atoms with Crippen LogP contribution < -0.4 is 4.90 Å². The summed E-state index contributed by atoms with van der Waals surface area (Å²) in [4.78, 5) is 6.48. The molecule has 4 heteroatoms. The number of benzene rings is 1. The first kappa shape index (κ1) is 13.0. The van der Waals surface area contributed by atoms with Crippen LogP contribution in [0.5, 0.6) is 0 Å². The van der Waals surface area contributed by atoms with Crippen molar-refractivity contribution in [3.63, 3.8) is 0 Å². The van der Waals surface area contributed by atoms with Crippen molar-refractivity contribution in [3.8, 4) is 0 Å². The quantitative estimate of drug-likeness (QED) is 0.833. The third-order valence-corrected chi connectivity index (χ3v) is 3.56. The monoisotopic (exact) mass is 308 g/mol. The summed E-state index contributed by atoms with van der Waals surface area (Å²) in [6, 6.07) is 10.4. The summed E-state index contributed by atoms with van der Waals surface area (Å²) >= 11 is 3.43. The molecule has 0 aliphatic heterocycles. The van der Waals surface area contributed by atoms with Gasteiger partial charge in [-0.25, -0.2) is 9.37 Å². The van der Waals surface area contributed by atoms with Gasteiger partial charge in [0.1, 0.15) is 11.6 Å². The zero-order valence-corrected chi connectivity index (χ0v) is 11.9. The van der Waals surface area contributed by atoms with Crippen LogP contribution in [0.25, 0.3) is 0 Å². The fourth-order valence-electron chi connectivity index (χ4n) is 1.80. The Labute approximate surface area is 115 Å². The molecule has 0 bridgehead atoms. The molecule has 1 heterocycles. The number of halogens is 2. The average molecular weight is 309 g/mol. The van der Waals surface area contributed by atoms with Crippen molar-refractivity contribution in [1.82, 2.24) is 4.98 Å². The lowest BCUT2D eigenvalue weighted by Crippen LogP contribution is -2.17. The predicted octanol–water partition coefficient (Wildman–Crippen LogP) is 4.45. The Hall–Kier alpha value is -1.42. The second-order valence-electron chi connectivity index (χ2n) is 3.96. The molecule has 0 unspecified atom stereocenters. The summed E-state index contributed by atoms with van der Waals surface area (Å²) in [7, 11) is 0. The van der Waals surface area contributed by atoms with Gasteiger partial charge in [-0.05, 0) is 60.1 Å². The van der Waals surface area contributed by atoms with Crippen molar-refractivity contribution in [1.29, 1.82) is 0 Å². The second-order valence-corrected chi connectivity index (χ2v) is 4.82. The molecule has 0 N–H and O–H groups in total. The van der Waals surface area contributed by atoms with E-state index in [2.05, 4.69) is 20.9 Å². The normalized spacial score (nSPS) is 10.4. The van der Waals surface area contributed by atoms with Gasteiger partial charge in [0.15, 0.2) is 0 Å². The van der Waals surface area contributed by atoms with Crippen LogP contribution in [0.4, 0.5) is 15.9 Å². The molecule has 94 valence electrons. The molecular formula is C14H14BrFN2. The van der Waals surface area contributed by atoms with E-state index in [1.165, 1.54) is 12.1 Å². The Balaban J connectivity index is 2.42. The number of hydrogen-bond acceptors (Lipinski definition) is 2. The lowest BCUT2D eigenvalue weighted by Gasteiger charge is -2.22. The molecule has 0 radical (unpaired) electrons. The molecular weight excluding hydrogens is 295 g/mol. The first-order chi connectivity index (χ1) is 8.61. The van der Waals surface area contributed by atoms with Crippen molar-refractivity contribution in [3.05, 3.63) is 52.4 Å². The second kappa shape index (κ2) is 5.48. The van der Waals surface area contributed by atoms with Crippen molar-refractivity contribution in [2.24, 2.45) is 0 Å². The molecule has 2 aromatic rings. The van der Waals surface area contributed by atoms with Crippen LogP contribution in [0.2, 0.25) is 0 Å². The van der Waals surface area contributed by atoms with Crippen LogP contribution in [0.1, 0.15) is 12.6 Å². The minimum Gasteiger partial charge on any atom is -0.327 e. The zero-order valence-electron chi connectivity index (χ0n) is 10.3. The summed E-state index contributed by atoms with van der Waals surface area (Å²) in [6.45, 7) is 4.69. The van der Waals surface area contributed by atoms with Gasteiger partial charge in [-0.1, -0.05) is 6.07 Å². The van der Waals surface area contributed by atoms with Gasteiger partial charge in [0.2, 0.25) is 0 Å². The highest BCUT2D eigenvalue weighted by Gasteiger charge is 2.10. The highest BCUT2D eigenvalue weighted by Crippen LogP contribution is 2.26. The summed E-state index contributed by atoms with van der Waals surface area (Å²) in [5.41, 5.74) is 1.73. The lowest BCUT2D eigenvalue weighted by molar-refractivity contribution is 0.627. The fraction of sp³-hybridized carbons (Fsp3) is 0.214. The van der Waals surface area contributed by atoms with Crippen molar-refractivity contribution in [2.45, 2.75) is 13.8 Å². The van der Waals surface area contributed by atoms with Crippen molar-refractivity contribution in [2.75, 3.05) is 11.4 Å². The number of rotatable bonds is 3. The number of aromatic nitrogens is 1. The Morgan fingerprint density at radius 2 is 2.06 bits per heavy atom. The van der Waals surface area contributed by atoms with E-state index in [9.17, 15) is 4.39 Å². The molecule has 0 saturated heterocycles. The standard InChI is InChI=1S/C14H14BrFN2/c1-3-18(12-6-4-5-11(16)9-12)14-8-7-13(15)10(2)17-14/h4-9H,3H2,1-2H3. The molecule has 0 fully saturated rings. The highest BCUT2D eigenvalue weighted by molar-refractivity contribution is 9.10. The Kier molecular flexibility index (Phi) is 3.97. The van der Waals surface area contributed by atoms with E-state index in [-0.39, 0.29) is 5.82 Å². The van der Waals surface area contributed by atoms with Gasteiger partial charge in [-0.15, -0.1) is 0 Å². The van der Waals surface area contributed by atoms with Crippen LogP contribution in [-0.2, 0) is 0 Å². The number of hydrogen-bond donors (Lipinski definition) is 0. The van der Waals surface area contributed by atoms with Gasteiger partial charge in [-0.2, -0.15) is 0 Å². The van der Waals surface area contributed by atoms with E-state index >= 15 is 0 Å². The van der Waals surface area contributed by atoms with Crippen LogP contribution >= 0.6 is 15.9 Å². The predicted molar refractivity (Wildman–Crippen MR) is 75.8 cm³/mol. The fourth-order valence-corrected chi connectivity index (χ4v) is 2.02. The van der Waals surface area contributed by atoms with E-state index in [1.807, 2.05) is 36.9 Å². The zero-order chi connectivity index (χ0) is 13.1. The summed E-state index contributed by atoms with van der Waals surface area (Å²) in [6.07, 6.45) is 0. The number of anilines is 2. The highest BCUT2D eigenvalue weighted by atomic mass is 79.9. The van der Waals surface area contributed by atoms with Gasteiger partial charge in [0.25, 0.3) is 0 Å². The maximum Gasteiger partial charge on any atom is 0.133 e. The van der Waals surface area contributed by atoms with Crippen LogP contribution in [0, 0.1) is 12.7 Å². The molecule has 18 heavy (non-hydrogen) atoms. The van der Waals surface area contributed by atoms with Crippen molar-refractivity contribution < 1.29 is 4.39 Å². The molecule has 2 rings (SSSR count). The Bertz CT molecular complexity index is 557. The SMILES string of the molecule is CCN(c1cccc(F)c1)c1ccc(Br)c(C)n1. The molecule has 0 spiro atoms. The van der Waals surface area contributed by atoms with Crippen LogP contribution in [0.3, 0.4) is 0 Å². The molecule has 2 nitrogen and oxygen atoms in total. The van der Waals surface area contributed by atoms with Crippen molar-refractivity contribution >= 4 is 27.4 Å². The first-order valence-electron chi connectivity index (χ1n) is 5.78. The van der Waals surface area contributed by atoms with E-state index < -0.39 is 0 Å². The Morgan fingerprint density at radius 1 is 1.28 bits per heavy atom. The summed E-state index contributed by atoms with van der Waals surface area (Å²) in [5.74, 6) is 0.587. The molecule has 1 aromatic carbocycles. The van der Waals surface area contributed by atoms with Crippen LogP contribution in [-0.4, -0.2) is 11.5 Å². The largest absolute Gasteiger partial charge is 0.327 e. The summed E-state index contributed by atoms with van der Waals surface area (Å²) in [5, 5.41) is 0. The third-order valence-electron chi connectivity index (χ3n) is 2.72. The average Bonchev–Trinajstić information content (AvgIpc) is 2.35. The Morgan fingerprint density at radius 3 is 2.67 bits per heavy atom. The van der Waals surface area contributed by atoms with Gasteiger partial charge < -0.3 is 4.90 Å². The number of nitrogens with zero attached hydrogens (tertiary/aromatic N) is 2. The molecule has 0 saturated carbocycles. The maximum atomic E-state index is 13.3. The molecule has 0 aliphatic rings. The third kappa shape index (κ3) is 2.70. The van der Waals surface area contributed by atoms with E-state index in [4.69, 9.17) is 0 Å². The number of aryl methyl sites for hydroxylation is 1. The molecule has 0 aliphatic carbocycles. The van der Waals surface area contributed by atoms with Gasteiger partial charge in [0, 0.05) is 16.7 Å². The lowest BCUT2D eigenvalue weighted by atomic mass is 10.2. The van der Waals surface area contributed by atoms with Gasteiger partial charge >= 0.3 is 0 Å². The van der Waals surface area contributed by atoms with E-state index in [0.29, 0.717) is 0 Å². The van der Waals surface area contributed by atoms with E-state index in [0.717, 1.165) is 28.2 Å².